The molecular formula is C21H29N5O4S. The van der Waals surface area contributed by atoms with Gasteiger partial charge in [0.15, 0.2) is 11.5 Å². The maximum Gasteiger partial charge on any atom is 0.243 e. The van der Waals surface area contributed by atoms with Crippen LogP contribution in [-0.4, -0.2) is 76.2 Å². The van der Waals surface area contributed by atoms with Crippen molar-refractivity contribution in [3.8, 4) is 11.5 Å². The van der Waals surface area contributed by atoms with E-state index in [0.717, 1.165) is 24.9 Å². The Bertz CT molecular complexity index is 1000. The van der Waals surface area contributed by atoms with Crippen molar-refractivity contribution < 1.29 is 17.9 Å². The third kappa shape index (κ3) is 4.54. The van der Waals surface area contributed by atoms with E-state index in [1.54, 1.807) is 18.3 Å². The fourth-order valence-corrected chi connectivity index (χ4v) is 5.48. The van der Waals surface area contributed by atoms with Crippen molar-refractivity contribution in [2.75, 3.05) is 63.3 Å². The van der Waals surface area contributed by atoms with Crippen molar-refractivity contribution >= 4 is 21.8 Å². The van der Waals surface area contributed by atoms with Crippen molar-refractivity contribution in [3.63, 3.8) is 0 Å². The Morgan fingerprint density at radius 1 is 0.839 bits per heavy atom. The van der Waals surface area contributed by atoms with Gasteiger partial charge in [0.2, 0.25) is 16.0 Å². The highest BCUT2D eigenvalue weighted by Gasteiger charge is 2.30. The third-order valence-electron chi connectivity index (χ3n) is 5.82. The SMILES string of the molecule is COc1ccc(S(=O)(=O)N2CCN(c3ccnc(N4CCCCC4)n3)CC2)cc1OC. The molecule has 0 bridgehead atoms. The molecule has 1 aromatic heterocycles. The normalized spacial score (nSPS) is 18.1. The first kappa shape index (κ1) is 21.6. The Labute approximate surface area is 183 Å². The van der Waals surface area contributed by atoms with Gasteiger partial charge in [0.1, 0.15) is 5.82 Å². The zero-order chi connectivity index (χ0) is 21.8. The molecule has 0 radical (unpaired) electrons. The van der Waals surface area contributed by atoms with Crippen molar-refractivity contribution in [3.05, 3.63) is 30.5 Å². The van der Waals surface area contributed by atoms with Gasteiger partial charge in [-0.3, -0.25) is 0 Å². The minimum atomic E-state index is -3.62. The molecule has 168 valence electrons. The topological polar surface area (TPSA) is 88.1 Å². The summed E-state index contributed by atoms with van der Waals surface area (Å²) in [6.07, 6.45) is 5.38. The monoisotopic (exact) mass is 447 g/mol. The first-order valence-corrected chi connectivity index (χ1v) is 12.0. The highest BCUT2D eigenvalue weighted by molar-refractivity contribution is 7.89. The summed E-state index contributed by atoms with van der Waals surface area (Å²) in [6, 6.07) is 6.57. The highest BCUT2D eigenvalue weighted by atomic mass is 32.2. The second-order valence-corrected chi connectivity index (χ2v) is 9.61. The van der Waals surface area contributed by atoms with Crippen LogP contribution in [0.25, 0.3) is 0 Å². The summed E-state index contributed by atoms with van der Waals surface area (Å²) in [5.74, 6) is 2.50. The van der Waals surface area contributed by atoms with Crippen LogP contribution < -0.4 is 19.3 Å². The van der Waals surface area contributed by atoms with E-state index < -0.39 is 10.0 Å². The van der Waals surface area contributed by atoms with Gasteiger partial charge in [-0.15, -0.1) is 0 Å². The van der Waals surface area contributed by atoms with Gasteiger partial charge in [-0.05, 0) is 37.5 Å². The largest absolute Gasteiger partial charge is 0.493 e. The number of rotatable bonds is 6. The van der Waals surface area contributed by atoms with Crippen molar-refractivity contribution in [2.24, 2.45) is 0 Å². The molecule has 2 saturated heterocycles. The minimum absolute atomic E-state index is 0.202. The predicted octanol–water partition coefficient (Wildman–Crippen LogP) is 1.99. The summed E-state index contributed by atoms with van der Waals surface area (Å²) < 4.78 is 38.3. The highest BCUT2D eigenvalue weighted by Crippen LogP contribution is 2.31. The van der Waals surface area contributed by atoms with Crippen LogP contribution >= 0.6 is 0 Å². The number of aromatic nitrogens is 2. The number of hydrogen-bond acceptors (Lipinski definition) is 8. The lowest BCUT2D eigenvalue weighted by Crippen LogP contribution is -2.49. The molecule has 2 aliphatic rings. The van der Waals surface area contributed by atoms with E-state index in [4.69, 9.17) is 14.5 Å². The smallest absolute Gasteiger partial charge is 0.243 e. The molecule has 0 spiro atoms. The van der Waals surface area contributed by atoms with E-state index in [2.05, 4.69) is 14.8 Å². The van der Waals surface area contributed by atoms with Crippen LogP contribution in [0.3, 0.4) is 0 Å². The summed E-state index contributed by atoms with van der Waals surface area (Å²) in [5.41, 5.74) is 0. The summed E-state index contributed by atoms with van der Waals surface area (Å²) in [4.78, 5) is 13.7. The number of benzene rings is 1. The van der Waals surface area contributed by atoms with Crippen LogP contribution in [0.1, 0.15) is 19.3 Å². The average Bonchev–Trinajstić information content (AvgIpc) is 2.84. The number of nitrogens with zero attached hydrogens (tertiary/aromatic N) is 5. The number of sulfonamides is 1. The number of ether oxygens (including phenoxy) is 2. The van der Waals surface area contributed by atoms with Gasteiger partial charge >= 0.3 is 0 Å². The molecule has 0 atom stereocenters. The molecule has 0 amide bonds. The van der Waals surface area contributed by atoms with Crippen LogP contribution in [-0.2, 0) is 10.0 Å². The van der Waals surface area contributed by atoms with E-state index in [1.807, 2.05) is 6.07 Å². The first-order valence-electron chi connectivity index (χ1n) is 10.6. The van der Waals surface area contributed by atoms with E-state index in [0.29, 0.717) is 37.7 Å². The van der Waals surface area contributed by atoms with Gasteiger partial charge in [-0.1, -0.05) is 0 Å². The van der Waals surface area contributed by atoms with Crippen LogP contribution in [0.4, 0.5) is 11.8 Å². The van der Waals surface area contributed by atoms with Gasteiger partial charge in [0.25, 0.3) is 0 Å². The van der Waals surface area contributed by atoms with Gasteiger partial charge < -0.3 is 19.3 Å². The number of anilines is 2. The van der Waals surface area contributed by atoms with Crippen LogP contribution in [0.5, 0.6) is 11.5 Å². The average molecular weight is 448 g/mol. The molecule has 3 heterocycles. The molecule has 31 heavy (non-hydrogen) atoms. The number of methoxy groups -OCH3 is 2. The summed E-state index contributed by atoms with van der Waals surface area (Å²) >= 11 is 0. The maximum atomic E-state index is 13.1. The standard InChI is InChI=1S/C21H29N5O4S/c1-29-18-7-6-17(16-19(18)30-2)31(27,28)26-14-12-24(13-15-26)20-8-9-22-21(23-20)25-10-4-3-5-11-25/h6-9,16H,3-5,10-15H2,1-2H3. The molecule has 4 rings (SSSR count). The van der Waals surface area contributed by atoms with Crippen LogP contribution in [0.15, 0.2) is 35.4 Å². The first-order chi connectivity index (χ1) is 15.0. The molecule has 2 aromatic rings. The Hall–Kier alpha value is -2.59. The van der Waals surface area contributed by atoms with Gasteiger partial charge in [-0.2, -0.15) is 9.29 Å². The summed E-state index contributed by atoms with van der Waals surface area (Å²) in [6.45, 7) is 3.90. The number of hydrogen-bond donors (Lipinski definition) is 0. The lowest BCUT2D eigenvalue weighted by atomic mass is 10.1. The Balaban J connectivity index is 1.45. The second kappa shape index (κ2) is 9.27. The molecule has 10 heteroatoms. The van der Waals surface area contributed by atoms with E-state index >= 15 is 0 Å². The minimum Gasteiger partial charge on any atom is -0.493 e. The number of piperidine rings is 1. The third-order valence-corrected chi connectivity index (χ3v) is 7.72. The molecule has 9 nitrogen and oxygen atoms in total. The van der Waals surface area contributed by atoms with Gasteiger partial charge in [0, 0.05) is 51.5 Å². The van der Waals surface area contributed by atoms with Crippen molar-refractivity contribution in [1.82, 2.24) is 14.3 Å². The molecule has 2 aliphatic heterocycles. The van der Waals surface area contributed by atoms with E-state index in [9.17, 15) is 8.42 Å². The molecule has 0 unspecified atom stereocenters. The lowest BCUT2D eigenvalue weighted by Gasteiger charge is -2.35. The maximum absolute atomic E-state index is 13.1. The molecule has 0 aliphatic carbocycles. The predicted molar refractivity (Wildman–Crippen MR) is 119 cm³/mol. The fraction of sp³-hybridized carbons (Fsp3) is 0.524. The van der Waals surface area contributed by atoms with Gasteiger partial charge in [-0.25, -0.2) is 13.4 Å². The van der Waals surface area contributed by atoms with Crippen LogP contribution in [0.2, 0.25) is 0 Å². The van der Waals surface area contributed by atoms with E-state index in [1.165, 1.54) is 43.9 Å². The quantitative estimate of drug-likeness (QED) is 0.664. The lowest BCUT2D eigenvalue weighted by molar-refractivity contribution is 0.353. The molecule has 0 N–H and O–H groups in total. The summed E-state index contributed by atoms with van der Waals surface area (Å²) in [7, 11) is -0.605. The van der Waals surface area contributed by atoms with Gasteiger partial charge in [0.05, 0.1) is 19.1 Å². The second-order valence-electron chi connectivity index (χ2n) is 7.67. The summed E-state index contributed by atoms with van der Waals surface area (Å²) in [5, 5.41) is 0. The zero-order valence-corrected chi connectivity index (χ0v) is 18.8. The van der Waals surface area contributed by atoms with Crippen LogP contribution in [0, 0.1) is 0 Å². The molecule has 0 saturated carbocycles. The molecule has 2 fully saturated rings. The molecule has 1 aromatic carbocycles. The van der Waals surface area contributed by atoms with Crippen molar-refractivity contribution in [2.45, 2.75) is 24.2 Å². The fourth-order valence-electron chi connectivity index (χ4n) is 4.05. The zero-order valence-electron chi connectivity index (χ0n) is 18.0. The number of piperazine rings is 1. The van der Waals surface area contributed by atoms with Crippen molar-refractivity contribution in [1.29, 1.82) is 0 Å². The Morgan fingerprint density at radius 2 is 1.55 bits per heavy atom. The Morgan fingerprint density at radius 3 is 2.23 bits per heavy atom. The van der Waals surface area contributed by atoms with E-state index in [-0.39, 0.29) is 4.90 Å². The Kier molecular flexibility index (Phi) is 6.47. The molecular weight excluding hydrogens is 418 g/mol.